The third-order valence-electron chi connectivity index (χ3n) is 4.38. The van der Waals surface area contributed by atoms with Gasteiger partial charge in [0.05, 0.1) is 6.61 Å². The minimum absolute atomic E-state index is 0.112. The monoisotopic (exact) mass is 402 g/mol. The van der Waals surface area contributed by atoms with Crippen molar-refractivity contribution in [3.63, 3.8) is 0 Å². The van der Waals surface area contributed by atoms with Crippen molar-refractivity contribution in [1.29, 1.82) is 0 Å². The maximum Gasteiger partial charge on any atom is 0.262 e. The van der Waals surface area contributed by atoms with Crippen LogP contribution in [-0.4, -0.2) is 24.1 Å². The Bertz CT molecular complexity index is 1100. The average molecular weight is 402 g/mol. The number of nitrogens with zero attached hydrogens (tertiary/aromatic N) is 1. The molecular weight excluding hydrogens is 380 g/mol. The lowest BCUT2D eigenvalue weighted by atomic mass is 10.2. The van der Waals surface area contributed by atoms with Gasteiger partial charge in [0.25, 0.3) is 5.91 Å². The van der Waals surface area contributed by atoms with Gasteiger partial charge in [-0.1, -0.05) is 31.2 Å². The van der Waals surface area contributed by atoms with Gasteiger partial charge in [0.1, 0.15) is 5.52 Å². The second-order valence-electron chi connectivity index (χ2n) is 6.70. The van der Waals surface area contributed by atoms with Crippen molar-refractivity contribution >= 4 is 22.7 Å². The Morgan fingerprint density at radius 1 is 0.933 bits per heavy atom. The van der Waals surface area contributed by atoms with E-state index in [0.29, 0.717) is 29.7 Å². The molecule has 0 radical (unpaired) electrons. The van der Waals surface area contributed by atoms with Crippen LogP contribution in [0.5, 0.6) is 11.5 Å². The first-order valence-electron chi connectivity index (χ1n) is 9.83. The summed E-state index contributed by atoms with van der Waals surface area (Å²) in [7, 11) is 0. The Morgan fingerprint density at radius 2 is 1.63 bits per heavy atom. The highest BCUT2D eigenvalue weighted by Crippen LogP contribution is 2.27. The number of aromatic nitrogens is 1. The van der Waals surface area contributed by atoms with E-state index >= 15 is 0 Å². The number of ether oxygens (including phenoxy) is 2. The summed E-state index contributed by atoms with van der Waals surface area (Å²) < 4.78 is 17.0. The molecule has 1 aromatic heterocycles. The van der Waals surface area contributed by atoms with Gasteiger partial charge in [-0.2, -0.15) is 0 Å². The molecule has 0 saturated heterocycles. The summed E-state index contributed by atoms with van der Waals surface area (Å²) in [6.45, 7) is 2.52. The molecule has 0 spiro atoms. The largest absolute Gasteiger partial charge is 0.490 e. The molecule has 152 valence electrons. The summed E-state index contributed by atoms with van der Waals surface area (Å²) in [5.41, 5.74) is 3.05. The summed E-state index contributed by atoms with van der Waals surface area (Å²) in [5.74, 6) is 1.47. The number of fused-ring (bicyclic) bond motifs is 1. The van der Waals surface area contributed by atoms with Crippen LogP contribution >= 0.6 is 0 Å². The lowest BCUT2D eigenvalue weighted by Crippen LogP contribution is -2.20. The number of nitrogens with one attached hydrogen (secondary N) is 1. The maximum atomic E-state index is 12.3. The van der Waals surface area contributed by atoms with E-state index in [9.17, 15) is 4.79 Å². The molecule has 1 heterocycles. The molecule has 30 heavy (non-hydrogen) atoms. The van der Waals surface area contributed by atoms with E-state index < -0.39 is 0 Å². The Labute approximate surface area is 174 Å². The van der Waals surface area contributed by atoms with Crippen LogP contribution in [0.3, 0.4) is 0 Å². The summed E-state index contributed by atoms with van der Waals surface area (Å²) in [6, 6.07) is 22.3. The normalized spacial score (nSPS) is 10.7. The van der Waals surface area contributed by atoms with Crippen LogP contribution in [0, 0.1) is 0 Å². The molecule has 1 N–H and O–H groups in total. The van der Waals surface area contributed by atoms with Crippen molar-refractivity contribution in [2.24, 2.45) is 0 Å². The van der Waals surface area contributed by atoms with Crippen molar-refractivity contribution in [3.8, 4) is 23.0 Å². The summed E-state index contributed by atoms with van der Waals surface area (Å²) in [6.07, 6.45) is 0.897. The van der Waals surface area contributed by atoms with E-state index in [-0.39, 0.29) is 12.5 Å². The molecular formula is C24H22N2O4. The highest BCUT2D eigenvalue weighted by molar-refractivity contribution is 5.92. The predicted octanol–water partition coefficient (Wildman–Crippen LogP) is 5.30. The average Bonchev–Trinajstić information content (AvgIpc) is 3.21. The van der Waals surface area contributed by atoms with Crippen molar-refractivity contribution < 1.29 is 18.7 Å². The summed E-state index contributed by atoms with van der Waals surface area (Å²) >= 11 is 0. The van der Waals surface area contributed by atoms with Crippen molar-refractivity contribution in [2.75, 3.05) is 18.5 Å². The molecule has 4 aromatic rings. The van der Waals surface area contributed by atoms with E-state index in [1.165, 1.54) is 0 Å². The van der Waals surface area contributed by atoms with Crippen molar-refractivity contribution in [1.82, 2.24) is 4.98 Å². The smallest absolute Gasteiger partial charge is 0.262 e. The van der Waals surface area contributed by atoms with E-state index in [4.69, 9.17) is 13.9 Å². The molecule has 3 aromatic carbocycles. The zero-order valence-corrected chi connectivity index (χ0v) is 16.6. The number of carbonyl (C=O) groups excluding carboxylic acids is 1. The van der Waals surface area contributed by atoms with E-state index in [0.717, 1.165) is 23.1 Å². The Hall–Kier alpha value is -3.80. The first kappa shape index (κ1) is 19.5. The van der Waals surface area contributed by atoms with Crippen LogP contribution in [0.2, 0.25) is 0 Å². The topological polar surface area (TPSA) is 73.6 Å². The maximum absolute atomic E-state index is 12.3. The molecule has 0 atom stereocenters. The molecule has 6 nitrogen and oxygen atoms in total. The Balaban J connectivity index is 1.36. The number of oxazole rings is 1. The number of rotatable bonds is 8. The minimum atomic E-state index is -0.255. The van der Waals surface area contributed by atoms with Gasteiger partial charge < -0.3 is 19.2 Å². The van der Waals surface area contributed by atoms with Crippen LogP contribution in [0.1, 0.15) is 13.3 Å². The fraction of sp³-hybridized carbons (Fsp3) is 0.167. The molecule has 0 fully saturated rings. The predicted molar refractivity (Wildman–Crippen MR) is 116 cm³/mol. The van der Waals surface area contributed by atoms with E-state index in [2.05, 4.69) is 10.3 Å². The third kappa shape index (κ3) is 4.60. The van der Waals surface area contributed by atoms with Crippen LogP contribution in [-0.2, 0) is 4.79 Å². The van der Waals surface area contributed by atoms with Crippen LogP contribution in [0.15, 0.2) is 77.2 Å². The number of hydrogen-bond acceptors (Lipinski definition) is 5. The lowest BCUT2D eigenvalue weighted by Gasteiger charge is -2.12. The molecule has 0 saturated carbocycles. The molecule has 0 aliphatic heterocycles. The van der Waals surface area contributed by atoms with Crippen LogP contribution in [0.25, 0.3) is 22.6 Å². The zero-order chi connectivity index (χ0) is 20.8. The minimum Gasteiger partial charge on any atom is -0.490 e. The molecule has 0 aliphatic rings. The molecule has 6 heteroatoms. The number of benzene rings is 3. The Kier molecular flexibility index (Phi) is 5.94. The first-order chi connectivity index (χ1) is 14.7. The quantitative estimate of drug-likeness (QED) is 0.433. The molecule has 0 aliphatic carbocycles. The summed E-state index contributed by atoms with van der Waals surface area (Å²) in [5, 5.41) is 2.82. The standard InChI is InChI=1S/C24H22N2O4/c1-2-15-28-21-9-5-6-10-22(21)29-16-23(27)25-18-13-11-17(12-14-18)24-26-19-7-3-4-8-20(19)30-24/h3-14H,2,15-16H2,1H3,(H,25,27). The number of carbonyl (C=O) groups is 1. The van der Waals surface area contributed by atoms with Gasteiger partial charge in [-0.05, 0) is 55.0 Å². The second-order valence-corrected chi connectivity index (χ2v) is 6.70. The third-order valence-corrected chi connectivity index (χ3v) is 4.38. The van der Waals surface area contributed by atoms with Crippen molar-refractivity contribution in [3.05, 3.63) is 72.8 Å². The van der Waals surface area contributed by atoms with Crippen LogP contribution < -0.4 is 14.8 Å². The summed E-state index contributed by atoms with van der Waals surface area (Å²) in [4.78, 5) is 16.8. The number of amides is 1. The van der Waals surface area contributed by atoms with Gasteiger partial charge in [-0.15, -0.1) is 0 Å². The molecule has 0 bridgehead atoms. The zero-order valence-electron chi connectivity index (χ0n) is 16.6. The molecule has 1 amide bonds. The number of para-hydroxylation sites is 4. The second kappa shape index (κ2) is 9.13. The van der Waals surface area contributed by atoms with Gasteiger partial charge in [-0.3, -0.25) is 4.79 Å². The van der Waals surface area contributed by atoms with Gasteiger partial charge in [-0.25, -0.2) is 4.98 Å². The number of hydrogen-bond donors (Lipinski definition) is 1. The van der Waals surface area contributed by atoms with Gasteiger partial charge in [0, 0.05) is 11.3 Å². The Morgan fingerprint density at radius 3 is 2.37 bits per heavy atom. The highest BCUT2D eigenvalue weighted by atomic mass is 16.5. The molecule has 4 rings (SSSR count). The van der Waals surface area contributed by atoms with E-state index in [1.54, 1.807) is 18.2 Å². The van der Waals surface area contributed by atoms with E-state index in [1.807, 2.05) is 61.5 Å². The van der Waals surface area contributed by atoms with Gasteiger partial charge >= 0.3 is 0 Å². The van der Waals surface area contributed by atoms with Crippen molar-refractivity contribution in [2.45, 2.75) is 13.3 Å². The first-order valence-corrected chi connectivity index (χ1v) is 9.83. The number of anilines is 1. The van der Waals surface area contributed by atoms with Gasteiger partial charge in [0.15, 0.2) is 23.7 Å². The molecule has 0 unspecified atom stereocenters. The fourth-order valence-corrected chi connectivity index (χ4v) is 2.93. The highest BCUT2D eigenvalue weighted by Gasteiger charge is 2.10. The van der Waals surface area contributed by atoms with Crippen LogP contribution in [0.4, 0.5) is 5.69 Å². The lowest BCUT2D eigenvalue weighted by molar-refractivity contribution is -0.118. The SMILES string of the molecule is CCCOc1ccccc1OCC(=O)Nc1ccc(-c2nc3ccccc3o2)cc1. The fourth-order valence-electron chi connectivity index (χ4n) is 2.93. The van der Waals surface area contributed by atoms with Gasteiger partial charge in [0.2, 0.25) is 5.89 Å².